The highest BCUT2D eigenvalue weighted by Crippen LogP contribution is 2.88. The molecular formula is C30H39NO9. The summed E-state index contributed by atoms with van der Waals surface area (Å²) in [5.41, 5.74) is -2.45. The fourth-order valence-corrected chi connectivity index (χ4v) is 11.9. The van der Waals surface area contributed by atoms with Gasteiger partial charge in [-0.1, -0.05) is 32.9 Å². The first-order chi connectivity index (χ1) is 18.6. The van der Waals surface area contributed by atoms with Gasteiger partial charge in [0.2, 0.25) is 0 Å². The van der Waals surface area contributed by atoms with E-state index in [-0.39, 0.29) is 35.8 Å². The number of carbonyl (C=O) groups excluding carboxylic acids is 4. The van der Waals surface area contributed by atoms with E-state index in [4.69, 9.17) is 18.9 Å². The smallest absolute Gasteiger partial charge is 0.308 e. The molecule has 0 radical (unpaired) electrons. The molecule has 0 aromatic rings. The lowest BCUT2D eigenvalue weighted by molar-refractivity contribution is -0.288. The largest absolute Gasteiger partial charge is 0.461 e. The Bertz CT molecular complexity index is 1260. The van der Waals surface area contributed by atoms with Crippen LogP contribution >= 0.6 is 0 Å². The quantitative estimate of drug-likeness (QED) is 0.303. The lowest BCUT2D eigenvalue weighted by atomic mass is 9.38. The van der Waals surface area contributed by atoms with Crippen LogP contribution < -0.4 is 0 Å². The van der Waals surface area contributed by atoms with E-state index in [1.54, 1.807) is 13.8 Å². The van der Waals surface area contributed by atoms with E-state index in [9.17, 15) is 24.3 Å². The number of nitrogens with zero attached hydrogens (tertiary/aromatic N) is 1. The Hall–Kier alpha value is -2.46. The number of carbonyl (C=O) groups is 4. The maximum absolute atomic E-state index is 13.0. The van der Waals surface area contributed by atoms with Crippen molar-refractivity contribution in [2.24, 2.45) is 39.9 Å². The predicted molar refractivity (Wildman–Crippen MR) is 137 cm³/mol. The van der Waals surface area contributed by atoms with E-state index in [1.165, 1.54) is 20.8 Å². The summed E-state index contributed by atoms with van der Waals surface area (Å²) in [6.07, 6.45) is -1.38. The zero-order valence-electron chi connectivity index (χ0n) is 24.0. The van der Waals surface area contributed by atoms with Crippen molar-refractivity contribution in [2.45, 2.75) is 103 Å². The molecule has 6 aliphatic carbocycles. The van der Waals surface area contributed by atoms with E-state index in [2.05, 4.69) is 18.4 Å². The lowest BCUT2D eigenvalue weighted by Gasteiger charge is -2.68. The molecule has 3 aliphatic heterocycles. The fourth-order valence-electron chi connectivity index (χ4n) is 11.9. The van der Waals surface area contributed by atoms with Gasteiger partial charge in [-0.15, -0.1) is 0 Å². The average molecular weight is 558 g/mol. The molecule has 9 rings (SSSR count). The summed E-state index contributed by atoms with van der Waals surface area (Å²) >= 11 is 0. The summed E-state index contributed by atoms with van der Waals surface area (Å²) in [4.78, 5) is 52.8. The SMILES string of the molecule is C=C1CC23C[C@H]4C5[C@]67C[C@@H](OC(=O)C(C)C)[C@@H](OC(C)=O)[C@@]5(C)CN4[C@@H]6[C@]2(O)C(OC(C)=O)[C@H]1[C@@H](OC(C)=O)C37. The van der Waals surface area contributed by atoms with Gasteiger partial charge in [0.15, 0.2) is 0 Å². The van der Waals surface area contributed by atoms with Crippen LogP contribution in [0, 0.1) is 39.9 Å². The van der Waals surface area contributed by atoms with Crippen molar-refractivity contribution >= 4 is 23.9 Å². The predicted octanol–water partition coefficient (Wildman–Crippen LogP) is 1.77. The highest BCUT2D eigenvalue weighted by Gasteiger charge is 2.97. The van der Waals surface area contributed by atoms with E-state index >= 15 is 0 Å². The maximum atomic E-state index is 13.0. The Kier molecular flexibility index (Phi) is 5.07. The van der Waals surface area contributed by atoms with Crippen molar-refractivity contribution in [3.8, 4) is 0 Å². The Morgan fingerprint density at radius 1 is 0.950 bits per heavy atom. The summed E-state index contributed by atoms with van der Waals surface area (Å²) < 4.78 is 24.3. The van der Waals surface area contributed by atoms with E-state index < -0.39 is 70.1 Å². The van der Waals surface area contributed by atoms with Crippen LogP contribution in [0.5, 0.6) is 0 Å². The van der Waals surface area contributed by atoms with Gasteiger partial charge in [-0.25, -0.2) is 0 Å². The highest BCUT2D eigenvalue weighted by molar-refractivity contribution is 5.72. The normalized spacial score (nSPS) is 53.5. The van der Waals surface area contributed by atoms with Gasteiger partial charge in [-0.05, 0) is 25.2 Å². The summed E-state index contributed by atoms with van der Waals surface area (Å²) in [5.74, 6) is -2.94. The van der Waals surface area contributed by atoms with Gasteiger partial charge in [0, 0.05) is 61.6 Å². The summed E-state index contributed by atoms with van der Waals surface area (Å²) in [7, 11) is 0. The Balaban J connectivity index is 1.45. The summed E-state index contributed by atoms with van der Waals surface area (Å²) in [6.45, 7) is 14.6. The third-order valence-corrected chi connectivity index (χ3v) is 12.1. The molecule has 5 unspecified atom stereocenters. The van der Waals surface area contributed by atoms with Crippen LogP contribution in [0.2, 0.25) is 0 Å². The van der Waals surface area contributed by atoms with Gasteiger partial charge >= 0.3 is 23.9 Å². The number of piperidine rings is 2. The molecule has 0 aromatic heterocycles. The van der Waals surface area contributed by atoms with Crippen LogP contribution in [0.3, 0.4) is 0 Å². The Morgan fingerprint density at radius 2 is 1.57 bits per heavy atom. The second-order valence-corrected chi connectivity index (χ2v) is 14.2. The lowest BCUT2D eigenvalue weighted by Crippen LogP contribution is -2.77. The number of aliphatic hydroxyl groups is 1. The number of ether oxygens (including phenoxy) is 4. The minimum absolute atomic E-state index is 0.00310. The van der Waals surface area contributed by atoms with E-state index in [0.29, 0.717) is 25.8 Å². The van der Waals surface area contributed by atoms with Gasteiger partial charge in [-0.2, -0.15) is 0 Å². The van der Waals surface area contributed by atoms with Crippen LogP contribution in [-0.4, -0.2) is 82.5 Å². The van der Waals surface area contributed by atoms with Crippen LogP contribution in [0.1, 0.15) is 60.8 Å². The summed E-state index contributed by atoms with van der Waals surface area (Å²) in [5, 5.41) is 13.0. The molecule has 0 amide bonds. The Morgan fingerprint density at radius 3 is 2.17 bits per heavy atom. The van der Waals surface area contributed by atoms with Gasteiger partial charge < -0.3 is 24.1 Å². The fraction of sp³-hybridized carbons (Fsp3) is 0.800. The molecule has 1 N–H and O–H groups in total. The molecule has 3 saturated heterocycles. The summed E-state index contributed by atoms with van der Waals surface area (Å²) in [6, 6.07) is -0.286. The van der Waals surface area contributed by atoms with Crippen molar-refractivity contribution in [1.82, 2.24) is 4.90 Å². The molecule has 218 valence electrons. The average Bonchev–Trinajstić information content (AvgIpc) is 3.25. The topological polar surface area (TPSA) is 129 Å². The van der Waals surface area contributed by atoms with Crippen molar-refractivity contribution in [2.75, 3.05) is 6.54 Å². The minimum atomic E-state index is -1.39. The molecule has 3 heterocycles. The number of fused-ring (bicyclic) bond motifs is 1. The maximum Gasteiger partial charge on any atom is 0.308 e. The van der Waals surface area contributed by atoms with Crippen molar-refractivity contribution in [1.29, 1.82) is 0 Å². The number of rotatable bonds is 5. The van der Waals surface area contributed by atoms with Gasteiger partial charge in [0.25, 0.3) is 0 Å². The molecule has 40 heavy (non-hydrogen) atoms. The second kappa shape index (κ2) is 7.68. The molecule has 14 atom stereocenters. The molecule has 9 bridgehead atoms. The third-order valence-electron chi connectivity index (χ3n) is 12.1. The molecule has 9 aliphatic rings. The van der Waals surface area contributed by atoms with Crippen LogP contribution in [-0.2, 0) is 38.1 Å². The molecule has 10 nitrogen and oxygen atoms in total. The zero-order chi connectivity index (χ0) is 28.9. The van der Waals surface area contributed by atoms with E-state index in [1.807, 2.05) is 0 Å². The number of hydrogen-bond donors (Lipinski definition) is 1. The second-order valence-electron chi connectivity index (χ2n) is 14.2. The van der Waals surface area contributed by atoms with Crippen molar-refractivity contribution in [3.63, 3.8) is 0 Å². The molecule has 2 spiro atoms. The molecular weight excluding hydrogens is 518 g/mol. The highest BCUT2D eigenvalue weighted by atomic mass is 16.6. The van der Waals surface area contributed by atoms with Crippen LogP contribution in [0.4, 0.5) is 0 Å². The van der Waals surface area contributed by atoms with Crippen molar-refractivity contribution < 1.29 is 43.2 Å². The number of esters is 4. The first kappa shape index (κ1) is 26.4. The molecule has 9 fully saturated rings. The first-order valence-electron chi connectivity index (χ1n) is 14.5. The standard InChI is InChI=1S/C30H39NO9/c1-12(2)25(35)40-18-10-29-21-17-9-28-8-13(3)19(20(22(28)29)37-14(4)32)24(39-16(6)34)30(28,36)26(29)31(17)11-27(21,7)23(18)38-15(5)33/h12,17-24,26,36H,3,8-11H2,1-2,4-7H3/t17-,18+,19+,20+,21?,22?,23+,24?,26-,27-,28?,29-,30+/m0/s1. The van der Waals surface area contributed by atoms with Crippen LogP contribution in [0.25, 0.3) is 0 Å². The minimum Gasteiger partial charge on any atom is -0.461 e. The van der Waals surface area contributed by atoms with Gasteiger partial charge in [0.1, 0.15) is 30.0 Å². The third kappa shape index (κ3) is 2.65. The molecule has 0 aromatic carbocycles. The molecule has 6 saturated carbocycles. The van der Waals surface area contributed by atoms with Crippen LogP contribution in [0.15, 0.2) is 12.2 Å². The van der Waals surface area contributed by atoms with Gasteiger partial charge in [0.05, 0.1) is 11.8 Å². The monoisotopic (exact) mass is 557 g/mol. The molecule has 10 heteroatoms. The van der Waals surface area contributed by atoms with Crippen molar-refractivity contribution in [3.05, 3.63) is 12.2 Å². The number of hydrogen-bond acceptors (Lipinski definition) is 10. The first-order valence-corrected chi connectivity index (χ1v) is 14.5. The van der Waals surface area contributed by atoms with E-state index in [0.717, 1.165) is 5.57 Å². The van der Waals surface area contributed by atoms with Gasteiger partial charge in [-0.3, -0.25) is 24.1 Å². The zero-order valence-corrected chi connectivity index (χ0v) is 24.0. The Labute approximate surface area is 233 Å².